The molecule has 2 bridgehead atoms. The van der Waals surface area contributed by atoms with Crippen LogP contribution in [-0.2, 0) is 19.2 Å². The Morgan fingerprint density at radius 3 is 2.29 bits per heavy atom. The molecule has 1 atom stereocenters. The lowest BCUT2D eigenvalue weighted by molar-refractivity contribution is -0.144. The molecule has 3 fully saturated rings. The monoisotopic (exact) mass is 627 g/mol. The Labute approximate surface area is 267 Å². The van der Waals surface area contributed by atoms with E-state index in [9.17, 15) is 19.2 Å². The maximum Gasteiger partial charge on any atom is 0.245 e. The van der Waals surface area contributed by atoms with Crippen molar-refractivity contribution in [2.24, 2.45) is 22.4 Å². The summed E-state index contributed by atoms with van der Waals surface area (Å²) in [6.07, 6.45) is 6.73. The van der Waals surface area contributed by atoms with Gasteiger partial charge in [0, 0.05) is 25.6 Å². The molecule has 0 unspecified atom stereocenters. The number of nitrogens with two attached hydrogens (primary N) is 2. The van der Waals surface area contributed by atoms with Crippen LogP contribution in [0.1, 0.15) is 82.3 Å². The van der Waals surface area contributed by atoms with Crippen LogP contribution in [0, 0.1) is 19.8 Å². The first-order chi connectivity index (χ1) is 21.6. The molecule has 45 heavy (non-hydrogen) atoms. The number of amides is 4. The Balaban J connectivity index is 1.87. The number of fused-ring (bicyclic) bond motifs is 13. The Morgan fingerprint density at radius 2 is 1.62 bits per heavy atom. The molecule has 12 nitrogen and oxygen atoms in total. The molecular formula is C33H53N7O5. The van der Waals surface area contributed by atoms with Crippen molar-refractivity contribution in [1.82, 2.24) is 20.4 Å². The van der Waals surface area contributed by atoms with Crippen LogP contribution in [0.3, 0.4) is 0 Å². The van der Waals surface area contributed by atoms with Crippen LogP contribution in [-0.4, -0.2) is 90.8 Å². The van der Waals surface area contributed by atoms with Gasteiger partial charge in [-0.05, 0) is 82.3 Å². The molecule has 1 aliphatic carbocycles. The average molecular weight is 628 g/mol. The van der Waals surface area contributed by atoms with Crippen molar-refractivity contribution in [2.45, 2.75) is 97.1 Å². The number of benzene rings is 1. The van der Waals surface area contributed by atoms with Crippen molar-refractivity contribution in [3.05, 3.63) is 29.3 Å². The van der Waals surface area contributed by atoms with E-state index in [1.54, 1.807) is 4.90 Å². The van der Waals surface area contributed by atoms with Crippen molar-refractivity contribution >= 4 is 29.6 Å². The summed E-state index contributed by atoms with van der Waals surface area (Å²) in [4.78, 5) is 61.2. The lowest BCUT2D eigenvalue weighted by atomic mass is 9.84. The van der Waals surface area contributed by atoms with E-state index in [2.05, 4.69) is 15.6 Å². The largest absolute Gasteiger partial charge is 0.491 e. The van der Waals surface area contributed by atoms with Gasteiger partial charge in [0.15, 0.2) is 5.96 Å². The van der Waals surface area contributed by atoms with E-state index in [0.29, 0.717) is 38.8 Å². The fraction of sp³-hybridized carbons (Fsp3) is 0.667. The van der Waals surface area contributed by atoms with Crippen LogP contribution in [0.2, 0.25) is 0 Å². The number of unbranched alkanes of at least 4 members (excludes halogenated alkanes) is 2. The van der Waals surface area contributed by atoms with Crippen LogP contribution in [0.4, 0.5) is 0 Å². The van der Waals surface area contributed by atoms with E-state index in [0.717, 1.165) is 55.4 Å². The number of aliphatic imine (C=N–C) groups is 1. The summed E-state index contributed by atoms with van der Waals surface area (Å²) in [6.45, 7) is 6.81. The summed E-state index contributed by atoms with van der Waals surface area (Å²) in [7, 11) is 0. The van der Waals surface area contributed by atoms with Gasteiger partial charge in [-0.3, -0.25) is 24.2 Å². The number of nitrogens with one attached hydrogen (secondary N) is 2. The zero-order chi connectivity index (χ0) is 32.8. The first kappa shape index (κ1) is 35.6. The van der Waals surface area contributed by atoms with Gasteiger partial charge in [-0.1, -0.05) is 31.5 Å². The number of guanidine groups is 1. The topological polar surface area (TPSA) is 172 Å². The quantitative estimate of drug-likeness (QED) is 0.119. The number of ether oxygens (including phenoxy) is 1. The first-order valence-electron chi connectivity index (χ1n) is 16.5. The SMILES string of the molecule is CCCCN1CC(=O)NC2CCC(CC2)CC(=O)N[C@@H](CCCCN=C(N)N)C(=O)N(CCOc2c(C)cccc2C)CC1=O. The Bertz CT molecular complexity index is 1160. The van der Waals surface area contributed by atoms with Crippen molar-refractivity contribution in [3.8, 4) is 5.75 Å². The van der Waals surface area contributed by atoms with E-state index in [1.807, 2.05) is 39.0 Å². The number of nitrogens with zero attached hydrogens (tertiary/aromatic N) is 3. The van der Waals surface area contributed by atoms with Gasteiger partial charge in [0.1, 0.15) is 18.4 Å². The zero-order valence-electron chi connectivity index (χ0n) is 27.3. The zero-order valence-corrected chi connectivity index (χ0v) is 27.3. The summed E-state index contributed by atoms with van der Waals surface area (Å²) < 4.78 is 6.12. The van der Waals surface area contributed by atoms with Crippen molar-refractivity contribution in [1.29, 1.82) is 0 Å². The first-order valence-corrected chi connectivity index (χ1v) is 16.5. The van der Waals surface area contributed by atoms with E-state index in [-0.39, 0.29) is 67.8 Å². The number of rotatable bonds is 12. The number of hydrogen-bond acceptors (Lipinski definition) is 6. The van der Waals surface area contributed by atoms with Crippen LogP contribution in [0.25, 0.3) is 0 Å². The molecule has 3 aliphatic rings. The van der Waals surface area contributed by atoms with Gasteiger partial charge in [-0.25, -0.2) is 0 Å². The fourth-order valence-corrected chi connectivity index (χ4v) is 6.08. The van der Waals surface area contributed by atoms with Gasteiger partial charge in [0.25, 0.3) is 0 Å². The van der Waals surface area contributed by atoms with E-state index < -0.39 is 6.04 Å². The summed E-state index contributed by atoms with van der Waals surface area (Å²) >= 11 is 0. The Kier molecular flexibility index (Phi) is 14.4. The van der Waals surface area contributed by atoms with Crippen LogP contribution < -0.4 is 26.8 Å². The Hall–Kier alpha value is -3.83. The minimum absolute atomic E-state index is 0.00805. The normalized spacial score (nSPS) is 21.8. The molecule has 1 saturated carbocycles. The van der Waals surface area contributed by atoms with Crippen molar-refractivity contribution < 1.29 is 23.9 Å². The van der Waals surface area contributed by atoms with E-state index in [4.69, 9.17) is 16.2 Å². The smallest absolute Gasteiger partial charge is 0.245 e. The summed E-state index contributed by atoms with van der Waals surface area (Å²) in [5.74, 6) is -0.0946. The predicted molar refractivity (Wildman–Crippen MR) is 174 cm³/mol. The molecule has 0 spiro atoms. The van der Waals surface area contributed by atoms with Crippen molar-refractivity contribution in [2.75, 3.05) is 39.3 Å². The highest BCUT2D eigenvalue weighted by atomic mass is 16.5. The third-order valence-corrected chi connectivity index (χ3v) is 8.64. The summed E-state index contributed by atoms with van der Waals surface area (Å²) in [5, 5.41) is 6.10. The summed E-state index contributed by atoms with van der Waals surface area (Å²) in [6, 6.07) is 5.09. The minimum Gasteiger partial charge on any atom is -0.491 e. The maximum atomic E-state index is 14.2. The highest BCUT2D eigenvalue weighted by Gasteiger charge is 2.31. The molecule has 1 aromatic rings. The second-order valence-corrected chi connectivity index (χ2v) is 12.4. The maximum absolute atomic E-state index is 14.2. The third kappa shape index (κ3) is 11.9. The van der Waals surface area contributed by atoms with Gasteiger partial charge in [0.05, 0.1) is 19.6 Å². The van der Waals surface area contributed by atoms with E-state index in [1.165, 1.54) is 4.90 Å². The number of aryl methyl sites for hydroxylation is 2. The number of hydrogen-bond donors (Lipinski definition) is 4. The molecule has 6 N–H and O–H groups in total. The van der Waals surface area contributed by atoms with Gasteiger partial charge in [-0.2, -0.15) is 0 Å². The Morgan fingerprint density at radius 1 is 0.911 bits per heavy atom. The third-order valence-electron chi connectivity index (χ3n) is 8.64. The molecule has 4 amide bonds. The fourth-order valence-electron chi connectivity index (χ4n) is 6.08. The molecule has 2 aliphatic heterocycles. The molecule has 0 aromatic heterocycles. The number of para-hydroxylation sites is 1. The number of carbonyl (C=O) groups excluding carboxylic acids is 4. The van der Waals surface area contributed by atoms with Crippen LogP contribution >= 0.6 is 0 Å². The second kappa shape index (κ2) is 18.2. The lowest BCUT2D eigenvalue weighted by Crippen LogP contribution is -2.54. The molecule has 2 saturated heterocycles. The van der Waals surface area contributed by atoms with Gasteiger partial charge < -0.3 is 36.6 Å². The van der Waals surface area contributed by atoms with Gasteiger partial charge >= 0.3 is 0 Å². The lowest BCUT2D eigenvalue weighted by Gasteiger charge is -2.33. The average Bonchev–Trinajstić information content (AvgIpc) is 2.99. The predicted octanol–water partition coefficient (Wildman–Crippen LogP) is 2.15. The molecule has 1 aromatic carbocycles. The standard InChI is InChI=1S/C33H53N7O5/c1-4-5-17-39-21-29(42)37-26-14-12-25(13-15-26)20-28(41)38-27(11-6-7-16-36-33(34)35)32(44)40(22-30(39)43)18-19-45-31-23(2)9-8-10-24(31)3/h8-10,25-27H,4-7,11-22H2,1-3H3,(H,37,42)(H,38,41)(H4,34,35,36)/t25?,26?,27-/m0/s1. The molecule has 0 radical (unpaired) electrons. The highest BCUT2D eigenvalue weighted by molar-refractivity contribution is 5.92. The minimum atomic E-state index is -0.818. The molecule has 250 valence electrons. The van der Waals surface area contributed by atoms with Crippen LogP contribution in [0.5, 0.6) is 5.75 Å². The summed E-state index contributed by atoms with van der Waals surface area (Å²) in [5.41, 5.74) is 12.9. The van der Waals surface area contributed by atoms with Gasteiger partial charge in [0.2, 0.25) is 23.6 Å². The molecule has 12 heteroatoms. The molecule has 4 rings (SSSR count). The molecule has 2 heterocycles. The van der Waals surface area contributed by atoms with Crippen molar-refractivity contribution in [3.63, 3.8) is 0 Å². The second-order valence-electron chi connectivity index (χ2n) is 12.4. The van der Waals surface area contributed by atoms with Gasteiger partial charge in [-0.15, -0.1) is 0 Å². The van der Waals surface area contributed by atoms with Crippen LogP contribution in [0.15, 0.2) is 23.2 Å². The van der Waals surface area contributed by atoms with E-state index >= 15 is 0 Å². The molecular weight excluding hydrogens is 574 g/mol. The number of carbonyl (C=O) groups is 4. The highest BCUT2D eigenvalue weighted by Crippen LogP contribution is 2.27.